The number of hydrogen-bond donors (Lipinski definition) is 3. The van der Waals surface area contributed by atoms with Gasteiger partial charge >= 0.3 is 5.97 Å². The van der Waals surface area contributed by atoms with Gasteiger partial charge in [0.2, 0.25) is 0 Å². The number of para-hydroxylation sites is 1. The first kappa shape index (κ1) is 15.3. The summed E-state index contributed by atoms with van der Waals surface area (Å²) in [6.45, 7) is 4.08. The molecule has 0 radical (unpaired) electrons. The summed E-state index contributed by atoms with van der Waals surface area (Å²) in [7, 11) is 0. The van der Waals surface area contributed by atoms with Gasteiger partial charge in [-0.05, 0) is 18.4 Å². The van der Waals surface area contributed by atoms with Crippen molar-refractivity contribution in [3.8, 4) is 0 Å². The van der Waals surface area contributed by atoms with E-state index in [-0.39, 0.29) is 18.2 Å². The van der Waals surface area contributed by atoms with E-state index in [1.165, 1.54) is 6.20 Å². The highest BCUT2D eigenvalue weighted by atomic mass is 16.4. The number of aliphatic hydroxyl groups excluding tert-OH is 1. The third-order valence-corrected chi connectivity index (χ3v) is 3.33. The minimum Gasteiger partial charge on any atom is -0.478 e. The van der Waals surface area contributed by atoms with E-state index >= 15 is 0 Å². The van der Waals surface area contributed by atoms with Crippen LogP contribution < -0.4 is 5.32 Å². The lowest BCUT2D eigenvalue weighted by atomic mass is 10.0. The van der Waals surface area contributed by atoms with E-state index < -0.39 is 5.97 Å². The highest BCUT2D eigenvalue weighted by Gasteiger charge is 2.18. The van der Waals surface area contributed by atoms with Crippen molar-refractivity contribution in [2.75, 3.05) is 11.9 Å². The molecule has 3 N–H and O–H groups in total. The number of nitrogens with one attached hydrogen (secondary N) is 1. The first-order valence-electron chi connectivity index (χ1n) is 7.01. The summed E-state index contributed by atoms with van der Waals surface area (Å²) < 4.78 is 0. The summed E-state index contributed by atoms with van der Waals surface area (Å²) in [6, 6.07) is 7.19. The summed E-state index contributed by atoms with van der Waals surface area (Å²) in [5.41, 5.74) is 1.37. The number of aromatic nitrogens is 1. The molecule has 1 aromatic heterocycles. The first-order valence-corrected chi connectivity index (χ1v) is 7.01. The number of anilines is 1. The van der Waals surface area contributed by atoms with E-state index in [2.05, 4.69) is 24.1 Å². The van der Waals surface area contributed by atoms with Gasteiger partial charge in [0.05, 0.1) is 17.8 Å². The predicted octanol–water partition coefficient (Wildman–Crippen LogP) is 2.75. The summed E-state index contributed by atoms with van der Waals surface area (Å²) in [5, 5.41) is 22.8. The van der Waals surface area contributed by atoms with E-state index in [9.17, 15) is 15.0 Å². The topological polar surface area (TPSA) is 82.5 Å². The van der Waals surface area contributed by atoms with E-state index in [4.69, 9.17) is 0 Å². The Hall–Kier alpha value is -2.14. The monoisotopic (exact) mass is 288 g/mol. The zero-order valence-electron chi connectivity index (χ0n) is 12.2. The van der Waals surface area contributed by atoms with Gasteiger partial charge in [-0.2, -0.15) is 0 Å². The molecule has 1 atom stereocenters. The maximum absolute atomic E-state index is 11.4. The van der Waals surface area contributed by atoms with Crippen molar-refractivity contribution in [3.63, 3.8) is 0 Å². The minimum absolute atomic E-state index is 0.0477. The minimum atomic E-state index is -1.03. The summed E-state index contributed by atoms with van der Waals surface area (Å²) in [5.74, 6) is -0.631. The molecule has 0 bridgehead atoms. The molecule has 0 aliphatic carbocycles. The van der Waals surface area contributed by atoms with Crippen molar-refractivity contribution in [3.05, 3.63) is 36.0 Å². The second kappa shape index (κ2) is 6.54. The average Bonchev–Trinajstić information content (AvgIpc) is 2.45. The molecule has 0 saturated carbocycles. The molecule has 2 rings (SSSR count). The van der Waals surface area contributed by atoms with Gasteiger partial charge in [0, 0.05) is 17.6 Å². The van der Waals surface area contributed by atoms with Crippen LogP contribution in [0.4, 0.5) is 5.69 Å². The number of fused-ring (bicyclic) bond motifs is 1. The molecule has 21 heavy (non-hydrogen) atoms. The number of carboxylic acids is 1. The zero-order chi connectivity index (χ0) is 15.4. The van der Waals surface area contributed by atoms with Gasteiger partial charge in [-0.25, -0.2) is 4.79 Å². The van der Waals surface area contributed by atoms with Gasteiger partial charge in [-0.15, -0.1) is 0 Å². The number of hydrogen-bond acceptors (Lipinski definition) is 4. The van der Waals surface area contributed by atoms with E-state index in [1.54, 1.807) is 0 Å². The number of aliphatic hydroxyl groups is 1. The number of carbonyl (C=O) groups is 1. The fourth-order valence-electron chi connectivity index (χ4n) is 2.41. The Morgan fingerprint density at radius 1 is 1.33 bits per heavy atom. The largest absolute Gasteiger partial charge is 0.478 e. The Morgan fingerprint density at radius 2 is 2.05 bits per heavy atom. The Bertz CT molecular complexity index is 640. The molecule has 0 aliphatic heterocycles. The Morgan fingerprint density at radius 3 is 2.67 bits per heavy atom. The maximum Gasteiger partial charge on any atom is 0.339 e. The standard InChI is InChI=1S/C16H20N2O3/c1-10(2)7-11(9-19)18-15-12-5-3-4-6-14(12)17-8-13(15)16(20)21/h3-6,8,10-11,19H,7,9H2,1-2H3,(H,17,18)(H,20,21). The van der Waals surface area contributed by atoms with E-state index in [1.807, 2.05) is 24.3 Å². The molecule has 1 unspecified atom stereocenters. The molecule has 0 saturated heterocycles. The van der Waals surface area contributed by atoms with Gasteiger partial charge in [0.1, 0.15) is 5.56 Å². The van der Waals surface area contributed by atoms with Crippen LogP contribution in [0.2, 0.25) is 0 Å². The normalized spacial score (nSPS) is 12.6. The van der Waals surface area contributed by atoms with Crippen LogP contribution >= 0.6 is 0 Å². The fraction of sp³-hybridized carbons (Fsp3) is 0.375. The zero-order valence-corrected chi connectivity index (χ0v) is 12.2. The van der Waals surface area contributed by atoms with Crippen molar-refractivity contribution < 1.29 is 15.0 Å². The van der Waals surface area contributed by atoms with Crippen LogP contribution in [-0.2, 0) is 0 Å². The molecule has 0 amide bonds. The lowest BCUT2D eigenvalue weighted by molar-refractivity contribution is 0.0697. The van der Waals surface area contributed by atoms with Gasteiger partial charge in [-0.1, -0.05) is 32.0 Å². The van der Waals surface area contributed by atoms with Crippen molar-refractivity contribution in [1.29, 1.82) is 0 Å². The fourth-order valence-corrected chi connectivity index (χ4v) is 2.41. The van der Waals surface area contributed by atoms with Crippen molar-refractivity contribution in [1.82, 2.24) is 4.98 Å². The lowest BCUT2D eigenvalue weighted by Gasteiger charge is -2.21. The van der Waals surface area contributed by atoms with Crippen molar-refractivity contribution in [2.24, 2.45) is 5.92 Å². The van der Waals surface area contributed by atoms with Gasteiger partial charge in [-0.3, -0.25) is 4.98 Å². The van der Waals surface area contributed by atoms with Crippen molar-refractivity contribution >= 4 is 22.6 Å². The van der Waals surface area contributed by atoms with Gasteiger partial charge in [0.15, 0.2) is 0 Å². The molecule has 5 heteroatoms. The molecule has 0 fully saturated rings. The van der Waals surface area contributed by atoms with E-state index in [0.29, 0.717) is 11.6 Å². The molecular formula is C16H20N2O3. The number of rotatable bonds is 6. The van der Waals surface area contributed by atoms with Crippen molar-refractivity contribution in [2.45, 2.75) is 26.3 Å². The summed E-state index contributed by atoms with van der Waals surface area (Å²) in [4.78, 5) is 15.6. The van der Waals surface area contributed by atoms with Gasteiger partial charge < -0.3 is 15.5 Å². The smallest absolute Gasteiger partial charge is 0.339 e. The maximum atomic E-state index is 11.4. The van der Waals surface area contributed by atoms with Crippen LogP contribution in [0.15, 0.2) is 30.5 Å². The van der Waals surface area contributed by atoms with Crippen LogP contribution in [0.1, 0.15) is 30.6 Å². The number of carboxylic acid groups (broad SMARTS) is 1. The molecule has 2 aromatic rings. The highest BCUT2D eigenvalue weighted by Crippen LogP contribution is 2.27. The number of pyridine rings is 1. The third-order valence-electron chi connectivity index (χ3n) is 3.33. The van der Waals surface area contributed by atoms with Crippen LogP contribution in [0.3, 0.4) is 0 Å². The molecular weight excluding hydrogens is 268 g/mol. The van der Waals surface area contributed by atoms with Crippen LogP contribution in [0.25, 0.3) is 10.9 Å². The Balaban J connectivity index is 2.48. The highest BCUT2D eigenvalue weighted by molar-refractivity contribution is 6.04. The summed E-state index contributed by atoms with van der Waals surface area (Å²) >= 11 is 0. The Kier molecular flexibility index (Phi) is 4.75. The molecule has 0 spiro atoms. The van der Waals surface area contributed by atoms with Crippen LogP contribution in [0, 0.1) is 5.92 Å². The average molecular weight is 288 g/mol. The van der Waals surface area contributed by atoms with E-state index in [0.717, 1.165) is 17.3 Å². The van der Waals surface area contributed by atoms with Crippen LogP contribution in [0.5, 0.6) is 0 Å². The molecule has 112 valence electrons. The third kappa shape index (κ3) is 3.49. The molecule has 1 heterocycles. The quantitative estimate of drug-likeness (QED) is 0.761. The summed E-state index contributed by atoms with van der Waals surface area (Å²) in [6.07, 6.45) is 2.11. The predicted molar refractivity (Wildman–Crippen MR) is 82.7 cm³/mol. The molecule has 5 nitrogen and oxygen atoms in total. The number of benzene rings is 1. The first-order chi connectivity index (χ1) is 10.0. The van der Waals surface area contributed by atoms with Crippen LogP contribution in [-0.4, -0.2) is 33.8 Å². The van der Waals surface area contributed by atoms with Gasteiger partial charge in [0.25, 0.3) is 0 Å². The molecule has 0 aliphatic rings. The molecule has 1 aromatic carbocycles. The second-order valence-corrected chi connectivity index (χ2v) is 5.52. The second-order valence-electron chi connectivity index (χ2n) is 5.52. The lowest BCUT2D eigenvalue weighted by Crippen LogP contribution is -2.26. The SMILES string of the molecule is CC(C)CC(CO)Nc1c(C(=O)O)cnc2ccccc12. The Labute approximate surface area is 123 Å². The number of aromatic carboxylic acids is 1. The number of nitrogens with zero attached hydrogens (tertiary/aromatic N) is 1.